The molecule has 2 aromatic heterocycles. The summed E-state index contributed by atoms with van der Waals surface area (Å²) in [5.74, 6) is 0. The Morgan fingerprint density at radius 3 is 1.33 bits per heavy atom. The molecule has 0 fully saturated rings. The van der Waals surface area contributed by atoms with Crippen molar-refractivity contribution in [2.75, 3.05) is 0 Å². The van der Waals surface area contributed by atoms with Crippen LogP contribution in [0.1, 0.15) is 0 Å². The number of benzene rings is 11. The largest absolute Gasteiger partial charge is 0.456 e. The SMILES string of the molecule is c1ccc(-c2c3ccccc3c(-c3ccc4c(c3)oc3cccc(-c5c6ccccc6c(-c6ccc7sc8ccccc8c7c6)c6ccccc56)c34)c3ccccc23)cc1. The van der Waals surface area contributed by atoms with Crippen LogP contribution in [-0.4, -0.2) is 0 Å². The molecule has 0 aliphatic heterocycles. The van der Waals surface area contributed by atoms with E-state index in [2.05, 4.69) is 206 Å². The van der Waals surface area contributed by atoms with Crippen LogP contribution in [-0.2, 0) is 0 Å². The van der Waals surface area contributed by atoms with Gasteiger partial charge in [-0.1, -0.05) is 170 Å². The first-order chi connectivity index (χ1) is 29.8. The number of hydrogen-bond donors (Lipinski definition) is 0. The zero-order chi connectivity index (χ0) is 39.3. The minimum Gasteiger partial charge on any atom is -0.456 e. The van der Waals surface area contributed by atoms with Crippen LogP contribution in [0.2, 0.25) is 0 Å². The molecule has 0 aliphatic carbocycles. The van der Waals surface area contributed by atoms with Crippen molar-refractivity contribution in [1.29, 1.82) is 0 Å². The van der Waals surface area contributed by atoms with Gasteiger partial charge in [-0.25, -0.2) is 0 Å². The second kappa shape index (κ2) is 13.0. The monoisotopic (exact) mass is 778 g/mol. The summed E-state index contributed by atoms with van der Waals surface area (Å²) in [4.78, 5) is 0. The van der Waals surface area contributed by atoms with E-state index in [1.54, 1.807) is 0 Å². The van der Waals surface area contributed by atoms with Crippen molar-refractivity contribution >= 4 is 96.5 Å². The van der Waals surface area contributed by atoms with Crippen LogP contribution in [0.3, 0.4) is 0 Å². The normalized spacial score (nSPS) is 12.0. The van der Waals surface area contributed by atoms with Gasteiger partial charge in [0.1, 0.15) is 11.2 Å². The van der Waals surface area contributed by atoms with Crippen LogP contribution in [0.4, 0.5) is 0 Å². The molecule has 0 radical (unpaired) electrons. The fourth-order valence-corrected chi connectivity index (χ4v) is 11.2. The molecule has 0 aliphatic rings. The lowest BCUT2D eigenvalue weighted by molar-refractivity contribution is 0.669. The maximum Gasteiger partial charge on any atom is 0.136 e. The molecule has 0 saturated heterocycles. The molecule has 0 amide bonds. The molecule has 0 N–H and O–H groups in total. The van der Waals surface area contributed by atoms with Crippen LogP contribution in [0.25, 0.3) is 130 Å². The number of thiophene rings is 1. The molecular weight excluding hydrogens is 745 g/mol. The Labute approximate surface area is 350 Å². The second-order valence-electron chi connectivity index (χ2n) is 15.8. The molecule has 2 heteroatoms. The minimum atomic E-state index is 0.886. The van der Waals surface area contributed by atoms with Crippen molar-refractivity contribution in [3.63, 3.8) is 0 Å². The molecule has 278 valence electrons. The highest BCUT2D eigenvalue weighted by molar-refractivity contribution is 7.25. The second-order valence-corrected chi connectivity index (χ2v) is 16.9. The summed E-state index contributed by atoms with van der Waals surface area (Å²) in [5, 5.41) is 14.8. The van der Waals surface area contributed by atoms with Crippen LogP contribution < -0.4 is 0 Å². The minimum absolute atomic E-state index is 0.886. The molecule has 0 spiro atoms. The van der Waals surface area contributed by atoms with E-state index in [0.717, 1.165) is 27.5 Å². The van der Waals surface area contributed by atoms with Crippen LogP contribution >= 0.6 is 11.3 Å². The Morgan fingerprint density at radius 1 is 0.267 bits per heavy atom. The third-order valence-electron chi connectivity index (χ3n) is 12.6. The molecule has 0 unspecified atom stereocenters. The molecule has 2 heterocycles. The van der Waals surface area contributed by atoms with Crippen molar-refractivity contribution in [3.05, 3.63) is 206 Å². The summed E-state index contributed by atoms with van der Waals surface area (Å²) in [7, 11) is 0. The number of fused-ring (bicyclic) bond motifs is 10. The Bertz CT molecular complexity index is 3770. The standard InChI is InChI=1S/C58H34OS/c1-2-15-35(16-3-1)54-39-18-4-6-20-41(39)56(42-21-7-5-19-40(42)54)37-29-31-47-51(34-37)59-50-27-14-26-48(58(47)50)57-45-24-10-8-22-43(45)55(44-23-9-11-25-46(44)57)36-30-32-53-49(33-36)38-17-12-13-28-52(38)60-53/h1-34H. The summed E-state index contributed by atoms with van der Waals surface area (Å²) in [5.41, 5.74) is 11.6. The fraction of sp³-hybridized carbons (Fsp3) is 0. The molecule has 11 aromatic carbocycles. The van der Waals surface area contributed by atoms with Crippen molar-refractivity contribution in [3.8, 4) is 44.5 Å². The van der Waals surface area contributed by atoms with Gasteiger partial charge in [-0.3, -0.25) is 0 Å². The zero-order valence-electron chi connectivity index (χ0n) is 32.4. The van der Waals surface area contributed by atoms with Crippen LogP contribution in [0.5, 0.6) is 0 Å². The third-order valence-corrected chi connectivity index (χ3v) is 13.8. The van der Waals surface area contributed by atoms with Gasteiger partial charge in [0.25, 0.3) is 0 Å². The van der Waals surface area contributed by atoms with Crippen LogP contribution in [0, 0.1) is 0 Å². The average Bonchev–Trinajstić information content (AvgIpc) is 3.88. The highest BCUT2D eigenvalue weighted by Crippen LogP contribution is 2.49. The van der Waals surface area contributed by atoms with E-state index in [0.29, 0.717) is 0 Å². The van der Waals surface area contributed by atoms with Gasteiger partial charge in [0.2, 0.25) is 0 Å². The van der Waals surface area contributed by atoms with E-state index in [-0.39, 0.29) is 0 Å². The molecule has 13 rings (SSSR count). The average molecular weight is 779 g/mol. The summed E-state index contributed by atoms with van der Waals surface area (Å²) in [6.07, 6.45) is 0. The quantitative estimate of drug-likeness (QED) is 0.162. The Hall–Kier alpha value is -7.52. The molecular formula is C58H34OS. The molecule has 0 bridgehead atoms. The van der Waals surface area contributed by atoms with Crippen molar-refractivity contribution in [2.24, 2.45) is 0 Å². The Kier molecular flexibility index (Phi) is 7.24. The van der Waals surface area contributed by atoms with Gasteiger partial charge in [0.15, 0.2) is 0 Å². The summed E-state index contributed by atoms with van der Waals surface area (Å²) in [6, 6.07) is 75.6. The van der Waals surface area contributed by atoms with Gasteiger partial charge >= 0.3 is 0 Å². The van der Waals surface area contributed by atoms with Gasteiger partial charge in [-0.2, -0.15) is 0 Å². The van der Waals surface area contributed by atoms with Crippen molar-refractivity contribution in [1.82, 2.24) is 0 Å². The number of hydrogen-bond acceptors (Lipinski definition) is 2. The van der Waals surface area contributed by atoms with E-state index in [9.17, 15) is 0 Å². The van der Waals surface area contributed by atoms with E-state index in [4.69, 9.17) is 4.42 Å². The highest BCUT2D eigenvalue weighted by Gasteiger charge is 2.22. The number of furan rings is 1. The van der Waals surface area contributed by atoms with E-state index in [1.807, 2.05) is 11.3 Å². The highest BCUT2D eigenvalue weighted by atomic mass is 32.1. The van der Waals surface area contributed by atoms with E-state index >= 15 is 0 Å². The van der Waals surface area contributed by atoms with Crippen molar-refractivity contribution < 1.29 is 4.42 Å². The van der Waals surface area contributed by atoms with E-state index in [1.165, 1.54) is 102 Å². The lowest BCUT2D eigenvalue weighted by atomic mass is 9.84. The third kappa shape index (κ3) is 4.86. The first-order valence-corrected chi connectivity index (χ1v) is 21.4. The predicted molar refractivity (Wildman–Crippen MR) is 258 cm³/mol. The predicted octanol–water partition coefficient (Wildman–Crippen LogP) is 17.2. The van der Waals surface area contributed by atoms with Crippen molar-refractivity contribution in [2.45, 2.75) is 0 Å². The first-order valence-electron chi connectivity index (χ1n) is 20.6. The van der Waals surface area contributed by atoms with Gasteiger partial charge in [0, 0.05) is 30.9 Å². The van der Waals surface area contributed by atoms with Gasteiger partial charge in [-0.05, 0) is 124 Å². The Balaban J connectivity index is 1.05. The summed E-state index contributed by atoms with van der Waals surface area (Å²) >= 11 is 1.87. The molecule has 60 heavy (non-hydrogen) atoms. The number of rotatable bonds is 4. The molecule has 13 aromatic rings. The van der Waals surface area contributed by atoms with Gasteiger partial charge in [0.05, 0.1) is 0 Å². The first kappa shape index (κ1) is 33.5. The van der Waals surface area contributed by atoms with Crippen LogP contribution in [0.15, 0.2) is 211 Å². The molecule has 0 atom stereocenters. The van der Waals surface area contributed by atoms with E-state index < -0.39 is 0 Å². The van der Waals surface area contributed by atoms with Gasteiger partial charge < -0.3 is 4.42 Å². The maximum absolute atomic E-state index is 6.88. The van der Waals surface area contributed by atoms with Gasteiger partial charge in [-0.15, -0.1) is 11.3 Å². The molecule has 0 saturated carbocycles. The maximum atomic E-state index is 6.88. The molecule has 1 nitrogen and oxygen atoms in total. The Morgan fingerprint density at radius 2 is 0.733 bits per heavy atom. The lowest BCUT2D eigenvalue weighted by Gasteiger charge is -2.18. The smallest absolute Gasteiger partial charge is 0.136 e. The lowest BCUT2D eigenvalue weighted by Crippen LogP contribution is -1.91. The summed E-state index contributed by atoms with van der Waals surface area (Å²) < 4.78 is 9.52. The summed E-state index contributed by atoms with van der Waals surface area (Å²) in [6.45, 7) is 0. The fourth-order valence-electron chi connectivity index (χ4n) is 10.2. The topological polar surface area (TPSA) is 13.1 Å². The zero-order valence-corrected chi connectivity index (χ0v) is 33.3.